The minimum atomic E-state index is -0.638. The molecule has 1 aliphatic rings. The molecule has 0 aliphatic carbocycles. The number of carbonyl (C=O) groups excluding carboxylic acids is 2. The summed E-state index contributed by atoms with van der Waals surface area (Å²) in [5.74, 6) is 0.143. The fourth-order valence-electron chi connectivity index (χ4n) is 4.38. The third-order valence-electron chi connectivity index (χ3n) is 6.27. The molecular weight excluding hydrogens is 446 g/mol. The number of amides is 1. The minimum Gasteiger partial charge on any atom is -0.497 e. The van der Waals surface area contributed by atoms with Crippen molar-refractivity contribution in [2.45, 2.75) is 32.2 Å². The predicted octanol–water partition coefficient (Wildman–Crippen LogP) is 4.16. The van der Waals surface area contributed by atoms with Crippen LogP contribution in [0.1, 0.15) is 47.0 Å². The number of piperidine rings is 1. The Kier molecular flexibility index (Phi) is 8.15. The van der Waals surface area contributed by atoms with E-state index in [1.807, 2.05) is 54.6 Å². The lowest BCUT2D eigenvalue weighted by atomic mass is 10.0. The van der Waals surface area contributed by atoms with Gasteiger partial charge in [-0.3, -0.25) is 9.69 Å². The fourth-order valence-corrected chi connectivity index (χ4v) is 4.38. The third-order valence-corrected chi connectivity index (χ3v) is 6.27. The molecule has 1 atom stereocenters. The Balaban J connectivity index is 1.37. The van der Waals surface area contributed by atoms with Crippen molar-refractivity contribution in [2.24, 2.45) is 0 Å². The molecule has 0 saturated carbocycles. The summed E-state index contributed by atoms with van der Waals surface area (Å²) >= 11 is 0. The summed E-state index contributed by atoms with van der Waals surface area (Å²) in [7, 11) is 1.64. The molecule has 2 aromatic carbocycles. The number of aryl methyl sites for hydroxylation is 1. The van der Waals surface area contributed by atoms with E-state index in [1.165, 1.54) is 6.42 Å². The van der Waals surface area contributed by atoms with Crippen molar-refractivity contribution in [1.29, 1.82) is 0 Å². The smallest absolute Gasteiger partial charge is 0.344 e. The van der Waals surface area contributed by atoms with Gasteiger partial charge in [-0.05, 0) is 50.6 Å². The zero-order valence-corrected chi connectivity index (χ0v) is 20.2. The van der Waals surface area contributed by atoms with Gasteiger partial charge in [0.15, 0.2) is 6.61 Å². The van der Waals surface area contributed by atoms with Gasteiger partial charge in [0, 0.05) is 12.1 Å². The molecule has 0 radical (unpaired) electrons. The second-order valence-electron chi connectivity index (χ2n) is 8.59. The molecule has 35 heavy (non-hydrogen) atoms. The van der Waals surface area contributed by atoms with Gasteiger partial charge in [-0.1, -0.05) is 54.0 Å². The van der Waals surface area contributed by atoms with Gasteiger partial charge in [0.1, 0.15) is 22.8 Å². The highest BCUT2D eigenvalue weighted by Crippen LogP contribution is 2.27. The van der Waals surface area contributed by atoms with Crippen LogP contribution in [0.3, 0.4) is 0 Å². The molecule has 1 amide bonds. The van der Waals surface area contributed by atoms with Gasteiger partial charge in [-0.25, -0.2) is 4.79 Å². The Bertz CT molecular complexity index is 1120. The molecule has 1 saturated heterocycles. The second-order valence-corrected chi connectivity index (χ2v) is 8.59. The highest BCUT2D eigenvalue weighted by molar-refractivity contribution is 5.98. The largest absolute Gasteiger partial charge is 0.497 e. The van der Waals surface area contributed by atoms with E-state index < -0.39 is 5.97 Å². The molecule has 1 aromatic heterocycles. The average molecular weight is 478 g/mol. The molecule has 1 N–H and O–H groups in total. The zero-order chi connectivity index (χ0) is 24.6. The highest BCUT2D eigenvalue weighted by Gasteiger charge is 2.25. The summed E-state index contributed by atoms with van der Waals surface area (Å²) < 4.78 is 15.8. The SMILES string of the molecule is COc1ccc([C@@H](CNC(=O)COC(=O)c2c(-c3ccccc3)noc2C)N2CCCCC2)cc1. The van der Waals surface area contributed by atoms with Crippen molar-refractivity contribution in [1.82, 2.24) is 15.4 Å². The van der Waals surface area contributed by atoms with E-state index in [1.54, 1.807) is 14.0 Å². The van der Waals surface area contributed by atoms with Crippen molar-refractivity contribution in [3.05, 3.63) is 71.5 Å². The van der Waals surface area contributed by atoms with Crippen molar-refractivity contribution in [3.63, 3.8) is 0 Å². The van der Waals surface area contributed by atoms with Crippen LogP contribution >= 0.6 is 0 Å². The number of esters is 1. The number of nitrogens with one attached hydrogen (secondary N) is 1. The zero-order valence-electron chi connectivity index (χ0n) is 20.2. The summed E-state index contributed by atoms with van der Waals surface area (Å²) in [4.78, 5) is 27.8. The Morgan fingerprint density at radius 3 is 2.46 bits per heavy atom. The van der Waals surface area contributed by atoms with Crippen molar-refractivity contribution in [2.75, 3.05) is 33.4 Å². The number of nitrogens with zero attached hydrogens (tertiary/aromatic N) is 2. The number of hydrogen-bond donors (Lipinski definition) is 1. The Labute approximate surface area is 205 Å². The predicted molar refractivity (Wildman–Crippen MR) is 131 cm³/mol. The van der Waals surface area contributed by atoms with Crippen LogP contribution in [0.15, 0.2) is 59.1 Å². The van der Waals surface area contributed by atoms with Crippen LogP contribution in [0.25, 0.3) is 11.3 Å². The number of rotatable bonds is 9. The molecule has 4 rings (SSSR count). The van der Waals surface area contributed by atoms with E-state index in [-0.39, 0.29) is 24.1 Å². The number of aromatic nitrogens is 1. The lowest BCUT2D eigenvalue weighted by molar-refractivity contribution is -0.124. The number of hydrogen-bond acceptors (Lipinski definition) is 7. The quantitative estimate of drug-likeness (QED) is 0.463. The minimum absolute atomic E-state index is 0.0332. The molecule has 8 nitrogen and oxygen atoms in total. The van der Waals surface area contributed by atoms with Gasteiger partial charge in [-0.15, -0.1) is 0 Å². The van der Waals surface area contributed by atoms with Gasteiger partial charge < -0.3 is 19.3 Å². The molecule has 3 aromatic rings. The number of likely N-dealkylation sites (tertiary alicyclic amines) is 1. The van der Waals surface area contributed by atoms with Gasteiger partial charge in [0.25, 0.3) is 5.91 Å². The van der Waals surface area contributed by atoms with E-state index in [9.17, 15) is 9.59 Å². The molecule has 0 unspecified atom stereocenters. The molecule has 1 fully saturated rings. The molecule has 184 valence electrons. The standard InChI is InChI=1S/C27H31N3O5/c1-19-25(26(29-35-19)21-9-5-3-6-10-21)27(32)34-18-24(31)28-17-23(30-15-7-4-8-16-30)20-11-13-22(33-2)14-12-20/h3,5-6,9-14,23H,4,7-8,15-18H2,1-2H3,(H,28,31)/t23-/m1/s1. The van der Waals surface area contributed by atoms with E-state index >= 15 is 0 Å². The van der Waals surface area contributed by atoms with Crippen molar-refractivity contribution >= 4 is 11.9 Å². The number of carbonyl (C=O) groups is 2. The van der Waals surface area contributed by atoms with Crippen LogP contribution in [-0.2, 0) is 9.53 Å². The van der Waals surface area contributed by atoms with Crippen LogP contribution in [0.5, 0.6) is 5.75 Å². The molecule has 0 bridgehead atoms. The maximum absolute atomic E-state index is 12.8. The molecule has 0 spiro atoms. The topological polar surface area (TPSA) is 93.9 Å². The van der Waals surface area contributed by atoms with Crippen molar-refractivity contribution in [3.8, 4) is 17.0 Å². The van der Waals surface area contributed by atoms with Gasteiger partial charge in [0.2, 0.25) is 0 Å². The second kappa shape index (κ2) is 11.7. The Morgan fingerprint density at radius 2 is 1.77 bits per heavy atom. The first-order chi connectivity index (χ1) is 17.1. The van der Waals surface area contributed by atoms with Gasteiger partial charge in [-0.2, -0.15) is 0 Å². The number of benzene rings is 2. The third kappa shape index (κ3) is 6.08. The number of methoxy groups -OCH3 is 1. The fraction of sp³-hybridized carbons (Fsp3) is 0.370. The summed E-state index contributed by atoms with van der Waals surface area (Å²) in [6.07, 6.45) is 3.50. The van der Waals surface area contributed by atoms with E-state index in [4.69, 9.17) is 14.0 Å². The van der Waals surface area contributed by atoms with E-state index in [0.717, 1.165) is 42.8 Å². The normalized spacial score (nSPS) is 14.8. The molecule has 1 aliphatic heterocycles. The Hall–Kier alpha value is -3.65. The highest BCUT2D eigenvalue weighted by atomic mass is 16.5. The van der Waals surface area contributed by atoms with Crippen LogP contribution in [0, 0.1) is 6.92 Å². The van der Waals surface area contributed by atoms with Gasteiger partial charge >= 0.3 is 5.97 Å². The van der Waals surface area contributed by atoms with Crippen LogP contribution < -0.4 is 10.1 Å². The molecule has 2 heterocycles. The van der Waals surface area contributed by atoms with E-state index in [2.05, 4.69) is 15.4 Å². The summed E-state index contributed by atoms with van der Waals surface area (Å²) in [5.41, 5.74) is 2.48. The summed E-state index contributed by atoms with van der Waals surface area (Å²) in [6, 6.07) is 17.2. The maximum atomic E-state index is 12.8. The van der Waals surface area contributed by atoms with Crippen LogP contribution in [0.4, 0.5) is 0 Å². The average Bonchev–Trinajstić information content (AvgIpc) is 3.30. The lowest BCUT2D eigenvalue weighted by Gasteiger charge is -2.35. The molecule has 8 heteroatoms. The molecular formula is C27H31N3O5. The summed E-state index contributed by atoms with van der Waals surface area (Å²) in [6.45, 7) is 3.65. The van der Waals surface area contributed by atoms with Crippen LogP contribution in [0.2, 0.25) is 0 Å². The first-order valence-electron chi connectivity index (χ1n) is 11.9. The number of ether oxygens (including phenoxy) is 2. The summed E-state index contributed by atoms with van der Waals surface area (Å²) in [5, 5.41) is 6.94. The van der Waals surface area contributed by atoms with Crippen molar-refractivity contribution < 1.29 is 23.6 Å². The first kappa shape index (κ1) is 24.5. The Morgan fingerprint density at radius 1 is 1.06 bits per heavy atom. The monoisotopic (exact) mass is 477 g/mol. The van der Waals surface area contributed by atoms with E-state index in [0.29, 0.717) is 18.0 Å². The first-order valence-corrected chi connectivity index (χ1v) is 11.9. The lowest BCUT2D eigenvalue weighted by Crippen LogP contribution is -2.41. The van der Waals surface area contributed by atoms with Crippen LogP contribution in [-0.4, -0.2) is 55.3 Å². The van der Waals surface area contributed by atoms with Gasteiger partial charge in [0.05, 0.1) is 13.2 Å². The maximum Gasteiger partial charge on any atom is 0.344 e.